The smallest absolute Gasteiger partial charge is 0.250 e. The Kier molecular flexibility index (Phi) is 4.49. The molecule has 1 aromatic carbocycles. The summed E-state index contributed by atoms with van der Waals surface area (Å²) in [6.07, 6.45) is 2.44. The highest BCUT2D eigenvalue weighted by Crippen LogP contribution is 2.23. The summed E-state index contributed by atoms with van der Waals surface area (Å²) >= 11 is 0. The van der Waals surface area contributed by atoms with Gasteiger partial charge in [0.05, 0.1) is 5.56 Å². The summed E-state index contributed by atoms with van der Waals surface area (Å²) in [4.78, 5) is 15.9. The first-order valence-corrected chi connectivity index (χ1v) is 7.06. The molecule has 1 fully saturated rings. The Morgan fingerprint density at radius 3 is 2.65 bits per heavy atom. The van der Waals surface area contributed by atoms with Gasteiger partial charge in [0.1, 0.15) is 0 Å². The minimum Gasteiger partial charge on any atom is -0.398 e. The summed E-state index contributed by atoms with van der Waals surface area (Å²) in [6, 6.07) is 5.48. The summed E-state index contributed by atoms with van der Waals surface area (Å²) < 4.78 is 0. The summed E-state index contributed by atoms with van der Waals surface area (Å²) in [7, 11) is 4.22. The number of nitrogen functional groups attached to an aromatic ring is 1. The fraction of sp³-hybridized carbons (Fsp3) is 0.533. The van der Waals surface area contributed by atoms with Gasteiger partial charge in [-0.3, -0.25) is 4.79 Å². The van der Waals surface area contributed by atoms with Crippen LogP contribution in [0.3, 0.4) is 0 Å². The molecule has 0 saturated carbocycles. The lowest BCUT2D eigenvalue weighted by atomic mass is 9.96. The van der Waals surface area contributed by atoms with Gasteiger partial charge in [0, 0.05) is 25.0 Å². The molecule has 1 saturated heterocycles. The summed E-state index contributed by atoms with van der Waals surface area (Å²) in [6.45, 7) is 3.32. The first-order chi connectivity index (χ1) is 9.47. The van der Waals surface area contributed by atoms with E-state index in [1.54, 1.807) is 12.1 Å². The van der Waals surface area contributed by atoms with Crippen LogP contribution in [0.4, 0.5) is 11.4 Å². The molecule has 0 unspecified atom stereocenters. The second-order valence-corrected chi connectivity index (χ2v) is 5.76. The van der Waals surface area contributed by atoms with Gasteiger partial charge in [0.25, 0.3) is 5.91 Å². The molecule has 1 aromatic rings. The molecule has 1 heterocycles. The molecule has 0 bridgehead atoms. The Hall–Kier alpha value is -1.75. The quantitative estimate of drug-likeness (QED) is 0.809. The van der Waals surface area contributed by atoms with E-state index in [9.17, 15) is 4.79 Å². The average molecular weight is 276 g/mol. The Labute approximate surface area is 120 Å². The minimum absolute atomic E-state index is 0.401. The van der Waals surface area contributed by atoms with E-state index in [1.807, 2.05) is 6.07 Å². The molecular weight excluding hydrogens is 252 g/mol. The van der Waals surface area contributed by atoms with Crippen molar-refractivity contribution in [1.29, 1.82) is 0 Å². The molecule has 0 spiro atoms. The summed E-state index contributed by atoms with van der Waals surface area (Å²) in [5.41, 5.74) is 12.9. The topological polar surface area (TPSA) is 75.6 Å². The summed E-state index contributed by atoms with van der Waals surface area (Å²) in [5.74, 6) is 0.225. The molecule has 0 atom stereocenters. The van der Waals surface area contributed by atoms with Crippen LogP contribution in [0.15, 0.2) is 18.2 Å². The number of rotatable bonds is 4. The largest absolute Gasteiger partial charge is 0.398 e. The van der Waals surface area contributed by atoms with E-state index in [-0.39, 0.29) is 0 Å². The predicted molar refractivity (Wildman–Crippen MR) is 82.9 cm³/mol. The second-order valence-electron chi connectivity index (χ2n) is 5.76. The molecule has 5 nitrogen and oxygen atoms in total. The number of nitrogens with zero attached hydrogens (tertiary/aromatic N) is 2. The van der Waals surface area contributed by atoms with Crippen LogP contribution in [-0.4, -0.2) is 44.5 Å². The van der Waals surface area contributed by atoms with E-state index in [0.717, 1.165) is 25.3 Å². The lowest BCUT2D eigenvalue weighted by molar-refractivity contribution is 0.100. The van der Waals surface area contributed by atoms with Crippen molar-refractivity contribution < 1.29 is 4.79 Å². The second kappa shape index (κ2) is 6.13. The lowest BCUT2D eigenvalue weighted by Crippen LogP contribution is -2.35. The maximum absolute atomic E-state index is 11.3. The van der Waals surface area contributed by atoms with E-state index in [4.69, 9.17) is 11.5 Å². The van der Waals surface area contributed by atoms with Gasteiger partial charge >= 0.3 is 0 Å². The van der Waals surface area contributed by atoms with Crippen LogP contribution in [0, 0.1) is 5.92 Å². The van der Waals surface area contributed by atoms with Crippen molar-refractivity contribution in [3.63, 3.8) is 0 Å². The number of anilines is 2. The molecule has 0 aromatic heterocycles. The molecule has 2 rings (SSSR count). The Morgan fingerprint density at radius 2 is 2.05 bits per heavy atom. The van der Waals surface area contributed by atoms with E-state index in [2.05, 4.69) is 23.9 Å². The van der Waals surface area contributed by atoms with Crippen molar-refractivity contribution in [3.05, 3.63) is 23.8 Å². The Balaban J connectivity index is 2.03. The Bertz CT molecular complexity index is 481. The van der Waals surface area contributed by atoms with Crippen LogP contribution in [0.5, 0.6) is 0 Å². The molecule has 1 aliphatic rings. The van der Waals surface area contributed by atoms with E-state index < -0.39 is 5.91 Å². The van der Waals surface area contributed by atoms with Crippen LogP contribution < -0.4 is 16.4 Å². The number of likely N-dealkylation sites (tertiary alicyclic amines) is 1. The van der Waals surface area contributed by atoms with Crippen molar-refractivity contribution in [2.24, 2.45) is 11.7 Å². The van der Waals surface area contributed by atoms with Crippen LogP contribution in [0.2, 0.25) is 0 Å². The third-order valence-electron chi connectivity index (χ3n) is 4.11. The van der Waals surface area contributed by atoms with E-state index >= 15 is 0 Å². The van der Waals surface area contributed by atoms with Crippen molar-refractivity contribution in [2.75, 3.05) is 44.4 Å². The number of benzene rings is 1. The predicted octanol–water partition coefficient (Wildman–Crippen LogP) is 1.15. The average Bonchev–Trinajstić information content (AvgIpc) is 2.41. The number of hydrogen-bond donors (Lipinski definition) is 2. The Morgan fingerprint density at radius 1 is 1.40 bits per heavy atom. The number of piperidine rings is 1. The van der Waals surface area contributed by atoms with Crippen LogP contribution in [-0.2, 0) is 0 Å². The fourth-order valence-corrected chi connectivity index (χ4v) is 2.73. The van der Waals surface area contributed by atoms with Gasteiger partial charge in [0.2, 0.25) is 0 Å². The zero-order valence-electron chi connectivity index (χ0n) is 12.3. The zero-order chi connectivity index (χ0) is 14.7. The number of carbonyl (C=O) groups excluding carboxylic acids is 1. The molecule has 0 radical (unpaired) electrons. The number of amides is 1. The molecular formula is C15H24N4O. The summed E-state index contributed by atoms with van der Waals surface area (Å²) in [5, 5.41) is 0. The maximum Gasteiger partial charge on any atom is 0.250 e. The van der Waals surface area contributed by atoms with E-state index in [0.29, 0.717) is 17.2 Å². The molecule has 4 N–H and O–H groups in total. The van der Waals surface area contributed by atoms with Crippen molar-refractivity contribution >= 4 is 17.3 Å². The number of nitrogens with two attached hydrogens (primary N) is 2. The van der Waals surface area contributed by atoms with Gasteiger partial charge in [-0.2, -0.15) is 0 Å². The van der Waals surface area contributed by atoms with Crippen LogP contribution in [0.1, 0.15) is 23.2 Å². The minimum atomic E-state index is -0.475. The molecule has 0 aliphatic carbocycles. The number of carbonyl (C=O) groups is 1. The van der Waals surface area contributed by atoms with Crippen molar-refractivity contribution in [1.82, 2.24) is 4.90 Å². The van der Waals surface area contributed by atoms with E-state index in [1.165, 1.54) is 12.8 Å². The monoisotopic (exact) mass is 276 g/mol. The van der Waals surface area contributed by atoms with Crippen LogP contribution >= 0.6 is 0 Å². The van der Waals surface area contributed by atoms with Gasteiger partial charge in [-0.15, -0.1) is 0 Å². The normalized spacial score (nSPS) is 17.1. The van der Waals surface area contributed by atoms with Gasteiger partial charge in [-0.05, 0) is 57.1 Å². The van der Waals surface area contributed by atoms with Gasteiger partial charge < -0.3 is 21.3 Å². The van der Waals surface area contributed by atoms with Crippen molar-refractivity contribution in [3.8, 4) is 0 Å². The highest BCUT2D eigenvalue weighted by Gasteiger charge is 2.19. The molecule has 20 heavy (non-hydrogen) atoms. The standard InChI is InChI=1S/C15H24N4O/c1-18-7-5-11(6-8-18)10-19(2)12-3-4-14(16)13(9-12)15(17)20/h3-4,9,11H,5-8,10,16H2,1-2H3,(H2,17,20). The third-order valence-corrected chi connectivity index (χ3v) is 4.11. The number of primary amides is 1. The first kappa shape index (κ1) is 14.7. The highest BCUT2D eigenvalue weighted by molar-refractivity contribution is 5.99. The molecule has 1 amide bonds. The molecule has 1 aliphatic heterocycles. The van der Waals surface area contributed by atoms with Gasteiger partial charge in [0.15, 0.2) is 0 Å². The number of hydrogen-bond acceptors (Lipinski definition) is 4. The molecule has 5 heteroatoms. The fourth-order valence-electron chi connectivity index (χ4n) is 2.73. The lowest BCUT2D eigenvalue weighted by Gasteiger charge is -2.32. The third kappa shape index (κ3) is 3.42. The maximum atomic E-state index is 11.3. The first-order valence-electron chi connectivity index (χ1n) is 7.06. The molecule has 110 valence electrons. The van der Waals surface area contributed by atoms with Gasteiger partial charge in [-0.1, -0.05) is 0 Å². The van der Waals surface area contributed by atoms with Crippen molar-refractivity contribution in [2.45, 2.75) is 12.8 Å². The SMILES string of the molecule is CN1CCC(CN(C)c2ccc(N)c(C(N)=O)c2)CC1. The zero-order valence-corrected chi connectivity index (χ0v) is 12.3. The van der Waals surface area contributed by atoms with Gasteiger partial charge in [-0.25, -0.2) is 0 Å². The highest BCUT2D eigenvalue weighted by atomic mass is 16.1. The van der Waals surface area contributed by atoms with Crippen LogP contribution in [0.25, 0.3) is 0 Å².